The number of piperidine rings is 1. The molecule has 2 aromatic heterocycles. The zero-order chi connectivity index (χ0) is 25.4. The summed E-state index contributed by atoms with van der Waals surface area (Å²) < 4.78 is 11.9. The monoisotopic (exact) mass is 499 g/mol. The molecule has 2 saturated heterocycles. The molecule has 1 saturated carbocycles. The lowest BCUT2D eigenvalue weighted by Crippen LogP contribution is -2.43. The second kappa shape index (κ2) is 9.88. The topological polar surface area (TPSA) is 178 Å². The van der Waals surface area contributed by atoms with Gasteiger partial charge in [-0.2, -0.15) is 0 Å². The van der Waals surface area contributed by atoms with Gasteiger partial charge in [0.1, 0.15) is 17.7 Å². The lowest BCUT2D eigenvalue weighted by atomic mass is 9.94. The van der Waals surface area contributed by atoms with E-state index in [0.29, 0.717) is 30.9 Å². The van der Waals surface area contributed by atoms with Gasteiger partial charge >= 0.3 is 6.09 Å². The maximum Gasteiger partial charge on any atom is 0.409 e. The largest absolute Gasteiger partial charge is 0.453 e. The molecule has 4 atom stereocenters. The number of aliphatic hydroxyl groups excluding tert-OH is 2. The predicted octanol–water partition coefficient (Wildman–Crippen LogP) is -0.474. The molecule has 5 N–H and O–H groups in total. The maximum absolute atomic E-state index is 12.4. The quantitative estimate of drug-likeness (QED) is 0.402. The molecule has 2 aliphatic heterocycles. The fourth-order valence-electron chi connectivity index (χ4n) is 4.52. The predicted molar refractivity (Wildman–Crippen MR) is 125 cm³/mol. The smallest absolute Gasteiger partial charge is 0.409 e. The van der Waals surface area contributed by atoms with Gasteiger partial charge in [0.05, 0.1) is 13.4 Å². The molecule has 0 bridgehead atoms. The summed E-state index contributed by atoms with van der Waals surface area (Å²) in [7, 11) is 1.38. The van der Waals surface area contributed by atoms with E-state index < -0.39 is 30.4 Å². The average molecular weight is 500 g/mol. The van der Waals surface area contributed by atoms with E-state index in [2.05, 4.69) is 32.1 Å². The van der Waals surface area contributed by atoms with Crippen LogP contribution >= 0.6 is 0 Å². The van der Waals surface area contributed by atoms with Crippen molar-refractivity contribution in [1.82, 2.24) is 29.7 Å². The highest BCUT2D eigenvalue weighted by Gasteiger charge is 2.48. The summed E-state index contributed by atoms with van der Waals surface area (Å²) in [5, 5.41) is 23.8. The highest BCUT2D eigenvalue weighted by molar-refractivity contribution is 5.83. The molecule has 0 radical (unpaired) electrons. The summed E-state index contributed by atoms with van der Waals surface area (Å²) in [6.07, 6.45) is 0.0242. The molecule has 192 valence electrons. The highest BCUT2D eigenvalue weighted by Crippen LogP contribution is 2.33. The van der Waals surface area contributed by atoms with Crippen molar-refractivity contribution in [2.75, 3.05) is 25.9 Å². The van der Waals surface area contributed by atoms with E-state index in [1.165, 1.54) is 18.0 Å². The minimum Gasteiger partial charge on any atom is -0.453 e. The van der Waals surface area contributed by atoms with Gasteiger partial charge in [0, 0.05) is 25.6 Å². The van der Waals surface area contributed by atoms with Crippen LogP contribution < -0.4 is 11.1 Å². The number of nitrogen functional groups attached to an aromatic ring is 1. The molecule has 2 amide bonds. The number of nitrogens with one attached hydrogen (secondary N) is 1. The van der Waals surface area contributed by atoms with E-state index in [9.17, 15) is 19.8 Å². The molecule has 36 heavy (non-hydrogen) atoms. The van der Waals surface area contributed by atoms with E-state index in [4.69, 9.17) is 15.2 Å². The van der Waals surface area contributed by atoms with E-state index in [1.807, 2.05) is 0 Å². The first-order valence-electron chi connectivity index (χ1n) is 12.0. The van der Waals surface area contributed by atoms with Crippen LogP contribution in [0.25, 0.3) is 11.2 Å². The number of carbonyl (C=O) groups is 2. The number of aromatic nitrogens is 4. The average Bonchev–Trinajstić information content (AvgIpc) is 3.51. The van der Waals surface area contributed by atoms with Crippen LogP contribution in [-0.4, -0.2) is 91.2 Å². The van der Waals surface area contributed by atoms with Gasteiger partial charge in [-0.15, -0.1) is 0 Å². The number of ether oxygens (including phenoxy) is 2. The van der Waals surface area contributed by atoms with Gasteiger partial charge < -0.3 is 35.6 Å². The first-order chi connectivity index (χ1) is 17.4. The number of aliphatic hydroxyl groups is 2. The third-order valence-corrected chi connectivity index (χ3v) is 6.78. The van der Waals surface area contributed by atoms with Gasteiger partial charge in [0.2, 0.25) is 5.82 Å². The number of likely N-dealkylation sites (tertiary alicyclic amines) is 1. The number of anilines is 1. The van der Waals surface area contributed by atoms with Gasteiger partial charge in [-0.1, -0.05) is 5.92 Å². The molecule has 2 aromatic rings. The summed E-state index contributed by atoms with van der Waals surface area (Å²) in [5.74, 6) is 6.21. The van der Waals surface area contributed by atoms with Crippen molar-refractivity contribution in [1.29, 1.82) is 0 Å². The third-order valence-electron chi connectivity index (χ3n) is 6.78. The summed E-state index contributed by atoms with van der Waals surface area (Å²) in [5.41, 5.74) is 6.65. The molecule has 3 fully saturated rings. The Morgan fingerprint density at radius 3 is 2.67 bits per heavy atom. The Morgan fingerprint density at radius 2 is 1.97 bits per heavy atom. The number of hydrogen-bond donors (Lipinski definition) is 4. The van der Waals surface area contributed by atoms with Gasteiger partial charge in [-0.3, -0.25) is 9.36 Å². The molecule has 13 heteroatoms. The zero-order valence-corrected chi connectivity index (χ0v) is 19.8. The molecule has 3 aliphatic rings. The summed E-state index contributed by atoms with van der Waals surface area (Å²) in [6, 6.07) is 0.0904. The Balaban J connectivity index is 1.29. The molecule has 4 heterocycles. The zero-order valence-electron chi connectivity index (χ0n) is 19.8. The number of fused-ring (bicyclic) bond motifs is 1. The highest BCUT2D eigenvalue weighted by atomic mass is 16.6. The van der Waals surface area contributed by atoms with Crippen LogP contribution in [0.3, 0.4) is 0 Å². The van der Waals surface area contributed by atoms with Crippen LogP contribution in [0.2, 0.25) is 0 Å². The van der Waals surface area contributed by atoms with Crippen molar-refractivity contribution in [2.45, 2.75) is 62.7 Å². The summed E-state index contributed by atoms with van der Waals surface area (Å²) >= 11 is 0. The van der Waals surface area contributed by atoms with E-state index in [0.717, 1.165) is 25.7 Å². The molecular weight excluding hydrogens is 470 g/mol. The molecule has 0 unspecified atom stereocenters. The lowest BCUT2D eigenvalue weighted by Gasteiger charge is -2.29. The molecule has 0 spiro atoms. The molecule has 1 aliphatic carbocycles. The van der Waals surface area contributed by atoms with Crippen LogP contribution in [0.5, 0.6) is 0 Å². The SMILES string of the molecule is COC(=O)N1CCC(CC#Cc2nc(N)c3ncn([C@@H]4O[C@H](C(=O)NC5CC5)[C@@H](O)[C@@H]4O)c3n2)CC1. The van der Waals surface area contributed by atoms with Gasteiger partial charge in [0.15, 0.2) is 23.8 Å². The van der Waals surface area contributed by atoms with Crippen LogP contribution in [0, 0.1) is 17.8 Å². The van der Waals surface area contributed by atoms with Crippen molar-refractivity contribution < 1.29 is 29.3 Å². The fourth-order valence-corrected chi connectivity index (χ4v) is 4.52. The minimum atomic E-state index is -1.41. The van der Waals surface area contributed by atoms with Crippen molar-refractivity contribution >= 4 is 29.0 Å². The Bertz CT molecular complexity index is 1210. The van der Waals surface area contributed by atoms with E-state index in [1.54, 1.807) is 4.90 Å². The second-order valence-corrected chi connectivity index (χ2v) is 9.37. The number of carbonyl (C=O) groups excluding carboxylic acids is 2. The summed E-state index contributed by atoms with van der Waals surface area (Å²) in [4.78, 5) is 38.6. The number of hydrogen-bond acceptors (Lipinski definition) is 10. The van der Waals surface area contributed by atoms with Gasteiger partial charge in [-0.25, -0.2) is 19.7 Å². The number of nitrogens with zero attached hydrogens (tertiary/aromatic N) is 5. The van der Waals surface area contributed by atoms with Crippen LogP contribution in [0.1, 0.15) is 44.2 Å². The van der Waals surface area contributed by atoms with Crippen LogP contribution in [0.4, 0.5) is 10.6 Å². The molecule has 0 aromatic carbocycles. The Kier molecular flexibility index (Phi) is 6.65. The minimum absolute atomic E-state index is 0.0904. The van der Waals surface area contributed by atoms with Crippen molar-refractivity contribution in [3.05, 3.63) is 12.2 Å². The number of nitrogens with two attached hydrogens (primary N) is 1. The van der Waals surface area contributed by atoms with Gasteiger partial charge in [0.25, 0.3) is 5.91 Å². The Hall–Kier alpha value is -3.47. The van der Waals surface area contributed by atoms with Crippen molar-refractivity contribution in [3.8, 4) is 11.8 Å². The molecule has 13 nitrogen and oxygen atoms in total. The fraction of sp³-hybridized carbons (Fsp3) is 0.609. The van der Waals surface area contributed by atoms with E-state index in [-0.39, 0.29) is 29.4 Å². The lowest BCUT2D eigenvalue weighted by molar-refractivity contribution is -0.137. The molecule has 5 rings (SSSR count). The Morgan fingerprint density at radius 1 is 1.22 bits per heavy atom. The first-order valence-corrected chi connectivity index (χ1v) is 12.0. The van der Waals surface area contributed by atoms with Crippen LogP contribution in [-0.2, 0) is 14.3 Å². The number of rotatable bonds is 4. The summed E-state index contributed by atoms with van der Waals surface area (Å²) in [6.45, 7) is 1.26. The Labute approximate surface area is 207 Å². The van der Waals surface area contributed by atoms with E-state index >= 15 is 0 Å². The third kappa shape index (κ3) is 4.79. The van der Waals surface area contributed by atoms with Gasteiger partial charge in [-0.05, 0) is 37.5 Å². The maximum atomic E-state index is 12.4. The number of methoxy groups -OCH3 is 1. The number of imidazole rings is 1. The first kappa shape index (κ1) is 24.2. The number of amides is 2. The van der Waals surface area contributed by atoms with Crippen molar-refractivity contribution in [3.63, 3.8) is 0 Å². The standard InChI is InChI=1S/C23H29N7O6/c1-35-23(34)29-9-7-12(8-10-29)3-2-4-14-27-19(24)15-20(28-14)30(11-25-15)22-17(32)16(31)18(36-22)21(33)26-13-5-6-13/h11-13,16-18,22,31-32H,3,5-10H2,1H3,(H,26,33)(H2,24,27,28)/t16-,17-,18-,22+/m0/s1. The second-order valence-electron chi connectivity index (χ2n) is 9.37. The normalized spacial score (nSPS) is 26.5. The van der Waals surface area contributed by atoms with Crippen LogP contribution in [0.15, 0.2) is 6.33 Å². The van der Waals surface area contributed by atoms with Crippen molar-refractivity contribution in [2.24, 2.45) is 5.92 Å². The molecular formula is C23H29N7O6.